The van der Waals surface area contributed by atoms with Crippen LogP contribution in [-0.2, 0) is 24.7 Å². The second-order valence-corrected chi connectivity index (χ2v) is 12.0. The molecule has 8 rings (SSSR count). The molecule has 2 bridgehead atoms. The molecule has 180 valence electrons. The molecule has 2 aromatic rings. The summed E-state index contributed by atoms with van der Waals surface area (Å²) in [5, 5.41) is 34.7. The lowest BCUT2D eigenvalue weighted by atomic mass is 9.48. The van der Waals surface area contributed by atoms with E-state index in [2.05, 4.69) is 21.7 Å². The van der Waals surface area contributed by atoms with Gasteiger partial charge in [0.25, 0.3) is 0 Å². The maximum Gasteiger partial charge on any atom is 0.194 e. The molecular weight excluding hydrogens is 428 g/mol. The van der Waals surface area contributed by atoms with Crippen LogP contribution >= 0.6 is 0 Å². The second-order valence-electron chi connectivity index (χ2n) is 12.0. The highest BCUT2D eigenvalue weighted by Gasteiger charge is 2.73. The maximum atomic E-state index is 12.6. The molecule has 6 heteroatoms. The number of likely N-dealkylation sites (tertiary alicyclic amines) is 1. The van der Waals surface area contributed by atoms with Crippen LogP contribution in [0.5, 0.6) is 17.4 Å². The van der Waals surface area contributed by atoms with E-state index in [4.69, 9.17) is 4.74 Å². The Morgan fingerprint density at radius 3 is 2.71 bits per heavy atom. The fraction of sp³-hybridized carbons (Fsp3) is 0.643. The topological polar surface area (TPSA) is 78.1 Å². The van der Waals surface area contributed by atoms with Gasteiger partial charge in [0.15, 0.2) is 17.4 Å². The number of hydrogen-bond donors (Lipinski definition) is 3. The number of piperidine rings is 1. The van der Waals surface area contributed by atoms with Gasteiger partial charge in [-0.05, 0) is 93.9 Å². The fourth-order valence-corrected chi connectivity index (χ4v) is 8.70. The molecule has 34 heavy (non-hydrogen) atoms. The monoisotopic (exact) mass is 462 g/mol. The maximum absolute atomic E-state index is 12.6. The van der Waals surface area contributed by atoms with Crippen LogP contribution in [0.4, 0.5) is 0 Å². The largest absolute Gasteiger partial charge is 0.504 e. The lowest BCUT2D eigenvalue weighted by Crippen LogP contribution is -2.76. The molecule has 0 radical (unpaired) electrons. The predicted molar refractivity (Wildman–Crippen MR) is 127 cm³/mol. The van der Waals surface area contributed by atoms with Crippen molar-refractivity contribution in [2.75, 3.05) is 13.1 Å². The van der Waals surface area contributed by atoms with Gasteiger partial charge < -0.3 is 24.6 Å². The van der Waals surface area contributed by atoms with Crippen LogP contribution in [0.25, 0.3) is 0 Å². The van der Waals surface area contributed by atoms with Crippen molar-refractivity contribution in [3.05, 3.63) is 40.6 Å². The summed E-state index contributed by atoms with van der Waals surface area (Å²) in [6.45, 7) is 2.04. The van der Waals surface area contributed by atoms with Crippen LogP contribution in [0.2, 0.25) is 0 Å². The smallest absolute Gasteiger partial charge is 0.194 e. The van der Waals surface area contributed by atoms with Gasteiger partial charge in [0.05, 0.1) is 17.1 Å². The van der Waals surface area contributed by atoms with Gasteiger partial charge in [-0.2, -0.15) is 0 Å². The number of phenols is 1. The summed E-state index contributed by atoms with van der Waals surface area (Å²) in [5.74, 6) is 1.94. The second kappa shape index (κ2) is 6.52. The summed E-state index contributed by atoms with van der Waals surface area (Å²) in [6, 6.07) is 3.86. The molecule has 3 N–H and O–H groups in total. The molecule has 6 aliphatic rings. The van der Waals surface area contributed by atoms with E-state index >= 15 is 0 Å². The molecule has 1 aromatic heterocycles. The van der Waals surface area contributed by atoms with Gasteiger partial charge >= 0.3 is 0 Å². The van der Waals surface area contributed by atoms with Gasteiger partial charge in [0.1, 0.15) is 6.10 Å². The first-order valence-corrected chi connectivity index (χ1v) is 13.4. The normalized spacial score (nSPS) is 37.7. The molecule has 2 saturated carbocycles. The van der Waals surface area contributed by atoms with E-state index < -0.39 is 11.0 Å². The SMILES string of the molecule is Oc1ccc2c3c1O[C@H]1C(n4cc5c(c4O)CCCC5)CC[C@@]4(O)[C@@H](C2)N(CC2CC2)CC[C@]314. The highest BCUT2D eigenvalue weighted by Crippen LogP contribution is 2.67. The lowest BCUT2D eigenvalue weighted by Gasteiger charge is -2.64. The molecule has 1 unspecified atom stereocenters. The standard InChI is InChI=1S/C28H34N2O4/c31-21-8-7-17-13-22-28(33)10-9-20(30-15-18-3-1-2-4-19(18)26(30)32)25-27(28,23(17)24(21)34-25)11-12-29(22)14-16-5-6-16/h7-8,15-16,20,22,25,31-33H,1-6,9-14H2/t20?,22-,25+,27+,28-/m1/s1. The molecule has 3 heterocycles. The number of nitrogens with zero attached hydrogens (tertiary/aromatic N) is 2. The Morgan fingerprint density at radius 2 is 1.88 bits per heavy atom. The van der Waals surface area contributed by atoms with Crippen LogP contribution in [-0.4, -0.2) is 55.6 Å². The highest BCUT2D eigenvalue weighted by atomic mass is 16.5. The van der Waals surface area contributed by atoms with E-state index in [1.165, 1.54) is 30.4 Å². The van der Waals surface area contributed by atoms with Crippen LogP contribution in [0.1, 0.15) is 73.2 Å². The van der Waals surface area contributed by atoms with E-state index in [1.807, 2.05) is 0 Å². The van der Waals surface area contributed by atoms with Crippen molar-refractivity contribution in [1.29, 1.82) is 0 Å². The Bertz CT molecular complexity index is 1200. The highest BCUT2D eigenvalue weighted by molar-refractivity contribution is 5.62. The number of benzene rings is 1. The Hall–Kier alpha value is -2.18. The predicted octanol–water partition coefficient (Wildman–Crippen LogP) is 3.58. The Labute approximate surface area is 200 Å². The zero-order valence-electron chi connectivity index (χ0n) is 19.7. The Morgan fingerprint density at radius 1 is 1.03 bits per heavy atom. The number of aromatic hydroxyl groups is 2. The van der Waals surface area contributed by atoms with Crippen LogP contribution in [0.15, 0.2) is 18.3 Å². The minimum absolute atomic E-state index is 0.0562. The summed E-state index contributed by atoms with van der Waals surface area (Å²) in [6.07, 6.45) is 11.9. The molecule has 6 nitrogen and oxygen atoms in total. The molecule has 3 fully saturated rings. The van der Waals surface area contributed by atoms with Gasteiger partial charge in [0.2, 0.25) is 0 Å². The van der Waals surface area contributed by atoms with Crippen molar-refractivity contribution in [2.45, 2.75) is 93.4 Å². The van der Waals surface area contributed by atoms with E-state index in [0.717, 1.165) is 68.7 Å². The number of aliphatic hydroxyl groups is 1. The van der Waals surface area contributed by atoms with Crippen LogP contribution in [0.3, 0.4) is 0 Å². The van der Waals surface area contributed by atoms with Crippen molar-refractivity contribution in [1.82, 2.24) is 9.47 Å². The van der Waals surface area contributed by atoms with Crippen LogP contribution < -0.4 is 4.74 Å². The van der Waals surface area contributed by atoms with Gasteiger partial charge in [-0.3, -0.25) is 4.90 Å². The number of fused-ring (bicyclic) bond motifs is 1. The first kappa shape index (κ1) is 20.1. The lowest BCUT2D eigenvalue weighted by molar-refractivity contribution is -0.195. The average Bonchev–Trinajstić information content (AvgIpc) is 3.49. The number of ether oxygens (including phenoxy) is 1. The van der Waals surface area contributed by atoms with Crippen LogP contribution in [0, 0.1) is 5.92 Å². The minimum atomic E-state index is -0.879. The fourth-order valence-electron chi connectivity index (χ4n) is 8.70. The van der Waals surface area contributed by atoms with Gasteiger partial charge in [-0.25, -0.2) is 0 Å². The number of aromatic nitrogens is 1. The summed E-state index contributed by atoms with van der Waals surface area (Å²) in [5.41, 5.74) is 3.23. The Kier molecular flexibility index (Phi) is 3.85. The molecule has 0 amide bonds. The molecule has 1 aromatic carbocycles. The number of aryl methyl sites for hydroxylation is 1. The van der Waals surface area contributed by atoms with Crippen molar-refractivity contribution in [3.8, 4) is 17.4 Å². The van der Waals surface area contributed by atoms with E-state index in [0.29, 0.717) is 18.1 Å². The van der Waals surface area contributed by atoms with Gasteiger partial charge in [-0.1, -0.05) is 6.07 Å². The van der Waals surface area contributed by atoms with E-state index in [1.54, 1.807) is 6.07 Å². The zero-order chi connectivity index (χ0) is 22.8. The first-order valence-electron chi connectivity index (χ1n) is 13.4. The third-order valence-electron chi connectivity index (χ3n) is 10.4. The first-order chi connectivity index (χ1) is 16.5. The third kappa shape index (κ3) is 2.30. The minimum Gasteiger partial charge on any atom is -0.504 e. The quantitative estimate of drug-likeness (QED) is 0.650. The third-order valence-corrected chi connectivity index (χ3v) is 10.4. The zero-order valence-corrected chi connectivity index (χ0v) is 19.7. The molecule has 1 saturated heterocycles. The number of hydrogen-bond acceptors (Lipinski definition) is 5. The molecule has 5 atom stereocenters. The van der Waals surface area contributed by atoms with E-state index in [-0.39, 0.29) is 23.9 Å². The molecule has 4 aliphatic carbocycles. The molecule has 1 spiro atoms. The summed E-state index contributed by atoms with van der Waals surface area (Å²) < 4.78 is 8.76. The van der Waals surface area contributed by atoms with E-state index in [9.17, 15) is 15.3 Å². The summed E-state index contributed by atoms with van der Waals surface area (Å²) in [4.78, 5) is 2.57. The summed E-state index contributed by atoms with van der Waals surface area (Å²) >= 11 is 0. The Balaban J connectivity index is 1.29. The molecule has 2 aliphatic heterocycles. The van der Waals surface area contributed by atoms with Crippen molar-refractivity contribution < 1.29 is 20.1 Å². The van der Waals surface area contributed by atoms with Crippen molar-refractivity contribution >= 4 is 0 Å². The van der Waals surface area contributed by atoms with Crippen molar-refractivity contribution in [3.63, 3.8) is 0 Å². The van der Waals surface area contributed by atoms with Gasteiger partial charge in [0, 0.05) is 29.9 Å². The average molecular weight is 463 g/mol. The number of rotatable bonds is 3. The van der Waals surface area contributed by atoms with Crippen molar-refractivity contribution in [2.24, 2.45) is 5.92 Å². The summed E-state index contributed by atoms with van der Waals surface area (Å²) in [7, 11) is 0. The van der Waals surface area contributed by atoms with Gasteiger partial charge in [-0.15, -0.1) is 0 Å². The number of phenolic OH excluding ortho intramolecular Hbond substituents is 1. The molecular formula is C28H34N2O4.